The first-order valence-corrected chi connectivity index (χ1v) is 14.7. The molecule has 0 aliphatic rings. The van der Waals surface area contributed by atoms with Gasteiger partial charge in [-0.3, -0.25) is 0 Å². The van der Waals surface area contributed by atoms with Crippen LogP contribution in [0.1, 0.15) is 12.3 Å². The lowest BCUT2D eigenvalue weighted by molar-refractivity contribution is 0.669. The topological polar surface area (TPSA) is 13.1 Å². The Morgan fingerprint density at radius 2 is 0.800 bits per heavy atom. The van der Waals surface area contributed by atoms with Crippen LogP contribution in [0.4, 0.5) is 0 Å². The molecule has 8 aromatic carbocycles. The highest BCUT2D eigenvalue weighted by Crippen LogP contribution is 2.45. The normalized spacial score (nSPS) is 14.4. The molecule has 0 fully saturated rings. The van der Waals surface area contributed by atoms with E-state index in [4.69, 9.17) is 14.0 Å². The van der Waals surface area contributed by atoms with Gasteiger partial charge in [-0.1, -0.05) is 145 Å². The van der Waals surface area contributed by atoms with E-state index in [-0.39, 0.29) is 52.9 Å². The highest BCUT2D eigenvalue weighted by atomic mass is 16.3. The molecule has 0 aliphatic heterocycles. The van der Waals surface area contributed by atoms with Crippen LogP contribution in [0.5, 0.6) is 0 Å². The third-order valence-electron chi connectivity index (χ3n) is 8.42. The molecular formula is C44H28O. The van der Waals surface area contributed by atoms with Gasteiger partial charge in [0.25, 0.3) is 0 Å². The molecule has 0 saturated heterocycles. The van der Waals surface area contributed by atoms with Gasteiger partial charge in [-0.2, -0.15) is 0 Å². The second kappa shape index (κ2) is 10.4. The lowest BCUT2D eigenvalue weighted by Crippen LogP contribution is -1.91. The van der Waals surface area contributed by atoms with Crippen LogP contribution in [0.2, 0.25) is 0 Å². The lowest BCUT2D eigenvalue weighted by Gasteiger charge is -2.18. The minimum absolute atomic E-state index is 0.0977. The van der Waals surface area contributed by atoms with Crippen molar-refractivity contribution in [2.24, 2.45) is 0 Å². The number of rotatable bonds is 4. The van der Waals surface area contributed by atoms with Gasteiger partial charge in [0.15, 0.2) is 0 Å². The minimum atomic E-state index is -0.442. The fourth-order valence-electron chi connectivity index (χ4n) is 6.38. The summed E-state index contributed by atoms with van der Waals surface area (Å²) < 4.78 is 84.2. The van der Waals surface area contributed by atoms with Gasteiger partial charge in [0.1, 0.15) is 11.2 Å². The summed E-state index contributed by atoms with van der Waals surface area (Å²) in [7, 11) is 0. The Bertz CT molecular complexity index is 2930. The number of fused-ring (bicyclic) bond motifs is 5. The Morgan fingerprint density at radius 1 is 0.333 bits per heavy atom. The molecule has 9 aromatic rings. The van der Waals surface area contributed by atoms with Gasteiger partial charge < -0.3 is 4.42 Å². The highest BCUT2D eigenvalue weighted by Gasteiger charge is 2.18. The van der Waals surface area contributed by atoms with Crippen molar-refractivity contribution >= 4 is 43.5 Å². The number of benzene rings is 8. The summed E-state index contributed by atoms with van der Waals surface area (Å²) in [6.07, 6.45) is 0. The first-order valence-electron chi connectivity index (χ1n) is 19.2. The molecular weight excluding hydrogens is 544 g/mol. The molecule has 1 heterocycles. The third-order valence-corrected chi connectivity index (χ3v) is 8.42. The Labute approximate surface area is 274 Å². The molecule has 45 heavy (non-hydrogen) atoms. The Balaban J connectivity index is 1.26. The predicted molar refractivity (Wildman–Crippen MR) is 190 cm³/mol. The Hall–Kier alpha value is -5.92. The summed E-state index contributed by atoms with van der Waals surface area (Å²) in [5.74, 6) is 0. The third kappa shape index (κ3) is 4.24. The highest BCUT2D eigenvalue weighted by molar-refractivity contribution is 6.22. The van der Waals surface area contributed by atoms with E-state index in [0.29, 0.717) is 27.9 Å². The second-order valence-electron chi connectivity index (χ2n) is 11.0. The van der Waals surface area contributed by atoms with Crippen molar-refractivity contribution in [3.8, 4) is 44.5 Å². The van der Waals surface area contributed by atoms with Gasteiger partial charge >= 0.3 is 0 Å². The average Bonchev–Trinajstić information content (AvgIpc) is 3.56. The smallest absolute Gasteiger partial charge is 0.136 e. The second-order valence-corrected chi connectivity index (χ2v) is 11.0. The lowest BCUT2D eigenvalue weighted by atomic mass is 9.85. The standard InChI is InChI=1S/C44H28O/c1-3-11-29(12-4-1)31-19-21-32(22-20-31)43-37-15-7-9-17-39(37)44(40-18-10-8-16-38(40)43)34-24-26-36-35-25-23-33(30-13-5-2-6-14-30)27-41(35)45-42(36)28-34/h1-28H/i2D,5D,6D,13D,14D,19D,20D,21D,22D. The van der Waals surface area contributed by atoms with Crippen molar-refractivity contribution in [3.63, 3.8) is 0 Å². The van der Waals surface area contributed by atoms with Crippen LogP contribution in [0, 0.1) is 0 Å². The first-order chi connectivity index (χ1) is 26.1. The van der Waals surface area contributed by atoms with Crippen molar-refractivity contribution in [2.75, 3.05) is 0 Å². The van der Waals surface area contributed by atoms with Gasteiger partial charge in [-0.05, 0) is 90.3 Å². The molecule has 9 rings (SSSR count). The summed E-state index contributed by atoms with van der Waals surface area (Å²) in [6, 6.07) is 33.8. The SMILES string of the molecule is [2H]c1c([2H])c([2H])c(-c2ccc3c(c2)oc2cc(-c4c5ccccc5c(-c5c([2H])c([2H])c(-c6ccccc6)c([2H])c5[2H])c5ccccc45)ccc23)c([2H])c1[2H]. The molecule has 0 bridgehead atoms. The average molecular weight is 582 g/mol. The zero-order chi connectivity index (χ0) is 37.6. The molecule has 1 aromatic heterocycles. The largest absolute Gasteiger partial charge is 0.456 e. The summed E-state index contributed by atoms with van der Waals surface area (Å²) in [5.41, 5.74) is 5.23. The van der Waals surface area contributed by atoms with E-state index in [9.17, 15) is 2.74 Å². The van der Waals surface area contributed by atoms with Crippen LogP contribution in [-0.4, -0.2) is 0 Å². The van der Waals surface area contributed by atoms with E-state index in [1.54, 1.807) is 24.3 Å². The van der Waals surface area contributed by atoms with Gasteiger partial charge in [0.2, 0.25) is 0 Å². The first kappa shape index (κ1) is 18.0. The van der Waals surface area contributed by atoms with Crippen molar-refractivity contribution < 1.29 is 16.8 Å². The van der Waals surface area contributed by atoms with Crippen LogP contribution >= 0.6 is 0 Å². The van der Waals surface area contributed by atoms with Crippen molar-refractivity contribution in [1.29, 1.82) is 0 Å². The number of hydrogen-bond donors (Lipinski definition) is 0. The van der Waals surface area contributed by atoms with Crippen molar-refractivity contribution in [1.82, 2.24) is 0 Å². The molecule has 0 radical (unpaired) electrons. The van der Waals surface area contributed by atoms with E-state index >= 15 is 0 Å². The fraction of sp³-hybridized carbons (Fsp3) is 0. The van der Waals surface area contributed by atoms with Crippen LogP contribution in [0.3, 0.4) is 0 Å². The van der Waals surface area contributed by atoms with E-state index in [0.717, 1.165) is 43.4 Å². The van der Waals surface area contributed by atoms with Crippen LogP contribution in [0.15, 0.2) is 174 Å². The van der Waals surface area contributed by atoms with E-state index < -0.39 is 18.1 Å². The molecule has 1 nitrogen and oxygen atoms in total. The quantitative estimate of drug-likeness (QED) is 0.188. The Morgan fingerprint density at radius 3 is 1.40 bits per heavy atom. The van der Waals surface area contributed by atoms with Gasteiger partial charge in [-0.15, -0.1) is 0 Å². The maximum absolute atomic E-state index is 9.24. The van der Waals surface area contributed by atoms with E-state index in [2.05, 4.69) is 0 Å². The molecule has 210 valence electrons. The maximum atomic E-state index is 9.24. The molecule has 0 atom stereocenters. The predicted octanol–water partition coefficient (Wildman–Crippen LogP) is 12.6. The molecule has 0 unspecified atom stereocenters. The van der Waals surface area contributed by atoms with Crippen molar-refractivity contribution in [2.45, 2.75) is 0 Å². The molecule has 0 aliphatic carbocycles. The summed E-state index contributed by atoms with van der Waals surface area (Å²) >= 11 is 0. The Kier molecular flexibility index (Phi) is 4.15. The van der Waals surface area contributed by atoms with Crippen LogP contribution < -0.4 is 0 Å². The fourth-order valence-corrected chi connectivity index (χ4v) is 6.38. The zero-order valence-electron chi connectivity index (χ0n) is 32.9. The summed E-state index contributed by atoms with van der Waals surface area (Å²) in [4.78, 5) is 0. The molecule has 1 heteroatoms. The van der Waals surface area contributed by atoms with Crippen LogP contribution in [-0.2, 0) is 0 Å². The number of hydrogen-bond acceptors (Lipinski definition) is 1. The van der Waals surface area contributed by atoms with E-state index in [1.807, 2.05) is 91.0 Å². The maximum Gasteiger partial charge on any atom is 0.136 e. The van der Waals surface area contributed by atoms with Gasteiger partial charge in [-0.25, -0.2) is 0 Å². The minimum Gasteiger partial charge on any atom is -0.456 e. The molecule has 0 N–H and O–H groups in total. The van der Waals surface area contributed by atoms with E-state index in [1.165, 1.54) is 0 Å². The zero-order valence-corrected chi connectivity index (χ0v) is 23.9. The van der Waals surface area contributed by atoms with Gasteiger partial charge in [0.05, 0.1) is 12.3 Å². The molecule has 0 amide bonds. The summed E-state index contributed by atoms with van der Waals surface area (Å²) in [5, 5.41) is 4.98. The van der Waals surface area contributed by atoms with Crippen LogP contribution in [0.25, 0.3) is 88.0 Å². The van der Waals surface area contributed by atoms with Crippen molar-refractivity contribution in [3.05, 3.63) is 170 Å². The molecule has 0 spiro atoms. The number of furan rings is 1. The summed E-state index contributed by atoms with van der Waals surface area (Å²) in [6.45, 7) is 0. The monoisotopic (exact) mass is 581 g/mol. The van der Waals surface area contributed by atoms with Gasteiger partial charge in [0, 0.05) is 10.8 Å². The molecule has 0 saturated carbocycles.